The number of unbranched alkanes of at least 4 members (excludes halogenated alkanes) is 1. The van der Waals surface area contributed by atoms with E-state index < -0.39 is 0 Å². The molecule has 4 heteroatoms. The van der Waals surface area contributed by atoms with Gasteiger partial charge in [-0.05, 0) is 24.6 Å². The molecule has 1 aromatic carbocycles. The Kier molecular flexibility index (Phi) is 5.77. The Labute approximate surface area is 119 Å². The normalized spacial score (nSPS) is 11.1. The lowest BCUT2D eigenvalue weighted by molar-refractivity contribution is 0.0400. The van der Waals surface area contributed by atoms with E-state index in [9.17, 15) is 0 Å². The number of nitrogen functional groups attached to an aromatic ring is 1. The van der Waals surface area contributed by atoms with Crippen LogP contribution < -0.4 is 5.73 Å². The Balaban J connectivity index is 1.86. The van der Waals surface area contributed by atoms with Gasteiger partial charge in [0.05, 0.1) is 25.3 Å². The molecule has 2 aromatic rings. The molecule has 0 aliphatic rings. The SMILES string of the molecule is CCCCOCCOCc1ccc(N)c2cccnc12. The van der Waals surface area contributed by atoms with Gasteiger partial charge in [-0.2, -0.15) is 0 Å². The second kappa shape index (κ2) is 7.82. The fourth-order valence-corrected chi connectivity index (χ4v) is 2.02. The molecule has 4 nitrogen and oxygen atoms in total. The standard InChI is InChI=1S/C16H22N2O2/c1-2-3-9-19-10-11-20-12-13-6-7-15(17)14-5-4-8-18-16(13)14/h4-8H,2-3,9-12,17H2,1H3. The van der Waals surface area contributed by atoms with Crippen molar-refractivity contribution in [1.29, 1.82) is 0 Å². The van der Waals surface area contributed by atoms with Crippen LogP contribution in [0.15, 0.2) is 30.5 Å². The molecule has 0 fully saturated rings. The maximum Gasteiger partial charge on any atom is 0.0777 e. The summed E-state index contributed by atoms with van der Waals surface area (Å²) in [5, 5.41) is 0.979. The average molecular weight is 274 g/mol. The number of pyridine rings is 1. The van der Waals surface area contributed by atoms with Crippen molar-refractivity contribution in [1.82, 2.24) is 4.98 Å². The quantitative estimate of drug-likeness (QED) is 0.593. The number of anilines is 1. The maximum atomic E-state index is 5.95. The lowest BCUT2D eigenvalue weighted by Gasteiger charge is -2.09. The average Bonchev–Trinajstić information content (AvgIpc) is 2.49. The van der Waals surface area contributed by atoms with Gasteiger partial charge in [0.2, 0.25) is 0 Å². The van der Waals surface area contributed by atoms with Crippen LogP contribution in [0.3, 0.4) is 0 Å². The zero-order chi connectivity index (χ0) is 14.2. The molecule has 0 spiro atoms. The molecular weight excluding hydrogens is 252 g/mol. The van der Waals surface area contributed by atoms with Crippen LogP contribution in [-0.4, -0.2) is 24.8 Å². The largest absolute Gasteiger partial charge is 0.398 e. The third-order valence-corrected chi connectivity index (χ3v) is 3.16. The molecule has 20 heavy (non-hydrogen) atoms. The minimum atomic E-state index is 0.533. The number of nitrogens with two attached hydrogens (primary N) is 1. The first-order chi connectivity index (χ1) is 9.83. The van der Waals surface area contributed by atoms with Crippen LogP contribution in [0.5, 0.6) is 0 Å². The lowest BCUT2D eigenvalue weighted by atomic mass is 10.1. The van der Waals surface area contributed by atoms with E-state index in [1.165, 1.54) is 0 Å². The van der Waals surface area contributed by atoms with Crippen molar-refractivity contribution in [2.45, 2.75) is 26.4 Å². The van der Waals surface area contributed by atoms with Gasteiger partial charge >= 0.3 is 0 Å². The van der Waals surface area contributed by atoms with E-state index >= 15 is 0 Å². The molecule has 2 rings (SSSR count). The van der Waals surface area contributed by atoms with Gasteiger partial charge in [0, 0.05) is 29.4 Å². The molecule has 0 saturated carbocycles. The van der Waals surface area contributed by atoms with E-state index in [-0.39, 0.29) is 0 Å². The molecule has 0 aliphatic heterocycles. The van der Waals surface area contributed by atoms with Gasteiger partial charge in [-0.15, -0.1) is 0 Å². The zero-order valence-corrected chi connectivity index (χ0v) is 12.0. The molecular formula is C16H22N2O2. The van der Waals surface area contributed by atoms with Gasteiger partial charge in [0.1, 0.15) is 0 Å². The highest BCUT2D eigenvalue weighted by atomic mass is 16.5. The van der Waals surface area contributed by atoms with Crippen molar-refractivity contribution in [3.63, 3.8) is 0 Å². The molecule has 0 atom stereocenters. The van der Waals surface area contributed by atoms with Crippen LogP contribution >= 0.6 is 0 Å². The Bertz CT molecular complexity index is 543. The number of nitrogens with zero attached hydrogens (tertiary/aromatic N) is 1. The van der Waals surface area contributed by atoms with E-state index in [4.69, 9.17) is 15.2 Å². The van der Waals surface area contributed by atoms with Crippen molar-refractivity contribution in [3.8, 4) is 0 Å². The van der Waals surface area contributed by atoms with Gasteiger partial charge < -0.3 is 15.2 Å². The highest BCUT2D eigenvalue weighted by Gasteiger charge is 2.04. The fraction of sp³-hybridized carbons (Fsp3) is 0.438. The fourth-order valence-electron chi connectivity index (χ4n) is 2.02. The van der Waals surface area contributed by atoms with Crippen molar-refractivity contribution >= 4 is 16.6 Å². The second-order valence-electron chi connectivity index (χ2n) is 4.73. The van der Waals surface area contributed by atoms with Crippen LogP contribution in [0.2, 0.25) is 0 Å². The minimum absolute atomic E-state index is 0.533. The summed E-state index contributed by atoms with van der Waals surface area (Å²) in [6.07, 6.45) is 4.04. The third-order valence-electron chi connectivity index (χ3n) is 3.16. The summed E-state index contributed by atoms with van der Waals surface area (Å²) in [6.45, 7) is 4.74. The van der Waals surface area contributed by atoms with E-state index in [2.05, 4.69) is 11.9 Å². The number of ether oxygens (including phenoxy) is 2. The highest BCUT2D eigenvalue weighted by Crippen LogP contribution is 2.22. The molecule has 0 radical (unpaired) electrons. The van der Waals surface area contributed by atoms with Crippen molar-refractivity contribution < 1.29 is 9.47 Å². The summed E-state index contributed by atoms with van der Waals surface area (Å²) in [7, 11) is 0. The van der Waals surface area contributed by atoms with Gasteiger partial charge in [-0.3, -0.25) is 4.98 Å². The van der Waals surface area contributed by atoms with Crippen LogP contribution in [0.25, 0.3) is 10.9 Å². The van der Waals surface area contributed by atoms with Crippen LogP contribution in [0.1, 0.15) is 25.3 Å². The zero-order valence-electron chi connectivity index (χ0n) is 12.0. The monoisotopic (exact) mass is 274 g/mol. The first kappa shape index (κ1) is 14.8. The molecule has 108 valence electrons. The first-order valence-electron chi connectivity index (χ1n) is 7.10. The van der Waals surface area contributed by atoms with Crippen molar-refractivity contribution in [3.05, 3.63) is 36.0 Å². The molecule has 0 amide bonds. The Morgan fingerprint density at radius 3 is 2.80 bits per heavy atom. The minimum Gasteiger partial charge on any atom is -0.398 e. The number of hydrogen-bond acceptors (Lipinski definition) is 4. The van der Waals surface area contributed by atoms with E-state index in [0.29, 0.717) is 19.8 Å². The summed E-state index contributed by atoms with van der Waals surface area (Å²) in [5.74, 6) is 0. The number of fused-ring (bicyclic) bond motifs is 1. The Hall–Kier alpha value is -1.65. The maximum absolute atomic E-state index is 5.95. The molecule has 2 N–H and O–H groups in total. The molecule has 0 aliphatic carbocycles. The van der Waals surface area contributed by atoms with Gasteiger partial charge in [0.15, 0.2) is 0 Å². The lowest BCUT2D eigenvalue weighted by Crippen LogP contribution is -2.05. The summed E-state index contributed by atoms with van der Waals surface area (Å²) in [6, 6.07) is 7.75. The summed E-state index contributed by atoms with van der Waals surface area (Å²) in [5.41, 5.74) is 8.67. The topological polar surface area (TPSA) is 57.4 Å². The van der Waals surface area contributed by atoms with Crippen LogP contribution in [-0.2, 0) is 16.1 Å². The third kappa shape index (κ3) is 3.92. The number of hydrogen-bond donors (Lipinski definition) is 1. The smallest absolute Gasteiger partial charge is 0.0777 e. The Morgan fingerprint density at radius 1 is 1.10 bits per heavy atom. The van der Waals surface area contributed by atoms with Crippen molar-refractivity contribution in [2.24, 2.45) is 0 Å². The molecule has 1 heterocycles. The molecule has 0 saturated heterocycles. The first-order valence-corrected chi connectivity index (χ1v) is 7.10. The predicted octanol–water partition coefficient (Wildman–Crippen LogP) is 3.15. The van der Waals surface area contributed by atoms with E-state index in [0.717, 1.165) is 41.6 Å². The van der Waals surface area contributed by atoms with Gasteiger partial charge in [-0.1, -0.05) is 19.4 Å². The summed E-state index contributed by atoms with van der Waals surface area (Å²) in [4.78, 5) is 4.39. The number of benzene rings is 1. The second-order valence-corrected chi connectivity index (χ2v) is 4.73. The number of rotatable bonds is 8. The number of aromatic nitrogens is 1. The molecule has 0 bridgehead atoms. The van der Waals surface area contributed by atoms with E-state index in [1.807, 2.05) is 24.3 Å². The van der Waals surface area contributed by atoms with E-state index in [1.54, 1.807) is 6.20 Å². The summed E-state index contributed by atoms with van der Waals surface area (Å²) >= 11 is 0. The van der Waals surface area contributed by atoms with Crippen molar-refractivity contribution in [2.75, 3.05) is 25.6 Å². The summed E-state index contributed by atoms with van der Waals surface area (Å²) < 4.78 is 11.1. The Morgan fingerprint density at radius 2 is 1.95 bits per heavy atom. The van der Waals surface area contributed by atoms with Crippen LogP contribution in [0, 0.1) is 0 Å². The van der Waals surface area contributed by atoms with Gasteiger partial charge in [-0.25, -0.2) is 0 Å². The van der Waals surface area contributed by atoms with Gasteiger partial charge in [0.25, 0.3) is 0 Å². The molecule has 1 aromatic heterocycles. The highest BCUT2D eigenvalue weighted by molar-refractivity contribution is 5.92. The molecule has 0 unspecified atom stereocenters. The van der Waals surface area contributed by atoms with Crippen LogP contribution in [0.4, 0.5) is 5.69 Å². The predicted molar refractivity (Wildman–Crippen MR) is 81.5 cm³/mol.